The minimum atomic E-state index is 0.284. The molecule has 20 heavy (non-hydrogen) atoms. The summed E-state index contributed by atoms with van der Waals surface area (Å²) >= 11 is 0. The van der Waals surface area contributed by atoms with Crippen LogP contribution in [0.4, 0.5) is 0 Å². The molecule has 2 fully saturated rings. The van der Waals surface area contributed by atoms with Gasteiger partial charge >= 0.3 is 0 Å². The molecule has 0 spiro atoms. The number of nitrogens with one attached hydrogen (secondary N) is 1. The average Bonchev–Trinajstić information content (AvgIpc) is 2.48. The third kappa shape index (κ3) is 4.76. The number of amides is 1. The fourth-order valence-electron chi connectivity index (χ4n) is 3.71. The SMILES string of the molecule is CC(C)C1CCC(C(=O)NCCN2CCCCC2)CC1. The van der Waals surface area contributed by atoms with Gasteiger partial charge in [-0.15, -0.1) is 0 Å². The molecule has 0 bridgehead atoms. The van der Waals surface area contributed by atoms with Crippen LogP contribution in [-0.4, -0.2) is 37.0 Å². The van der Waals surface area contributed by atoms with Gasteiger partial charge < -0.3 is 10.2 Å². The van der Waals surface area contributed by atoms with Crippen LogP contribution in [0.3, 0.4) is 0 Å². The first-order valence-corrected chi connectivity index (χ1v) is 8.67. The van der Waals surface area contributed by atoms with Gasteiger partial charge in [0.15, 0.2) is 0 Å². The molecule has 0 unspecified atom stereocenters. The molecule has 1 aliphatic carbocycles. The van der Waals surface area contributed by atoms with Gasteiger partial charge in [-0.3, -0.25) is 4.79 Å². The standard InChI is InChI=1S/C17H32N2O/c1-14(2)15-6-8-16(9-7-15)17(20)18-10-13-19-11-4-3-5-12-19/h14-16H,3-13H2,1-2H3,(H,18,20). The van der Waals surface area contributed by atoms with Crippen molar-refractivity contribution < 1.29 is 4.79 Å². The summed E-state index contributed by atoms with van der Waals surface area (Å²) in [7, 11) is 0. The van der Waals surface area contributed by atoms with E-state index < -0.39 is 0 Å². The highest BCUT2D eigenvalue weighted by Crippen LogP contribution is 2.33. The molecule has 0 radical (unpaired) electrons. The van der Waals surface area contributed by atoms with Crippen molar-refractivity contribution in [1.29, 1.82) is 0 Å². The third-order valence-electron chi connectivity index (χ3n) is 5.26. The molecule has 1 saturated heterocycles. The molecule has 1 N–H and O–H groups in total. The maximum absolute atomic E-state index is 12.2. The molecule has 0 aromatic carbocycles. The predicted molar refractivity (Wildman–Crippen MR) is 83.6 cm³/mol. The number of piperidine rings is 1. The lowest BCUT2D eigenvalue weighted by Gasteiger charge is -2.30. The van der Waals surface area contributed by atoms with E-state index in [4.69, 9.17) is 0 Å². The van der Waals surface area contributed by atoms with Crippen molar-refractivity contribution in [2.45, 2.75) is 58.8 Å². The Morgan fingerprint density at radius 1 is 1.10 bits per heavy atom. The van der Waals surface area contributed by atoms with Gasteiger partial charge in [-0.05, 0) is 63.5 Å². The molecule has 1 heterocycles. The Labute approximate surface area is 124 Å². The van der Waals surface area contributed by atoms with E-state index in [0.29, 0.717) is 5.91 Å². The zero-order valence-electron chi connectivity index (χ0n) is 13.4. The summed E-state index contributed by atoms with van der Waals surface area (Å²) in [6.45, 7) is 8.92. The van der Waals surface area contributed by atoms with Gasteiger partial charge in [0.2, 0.25) is 5.91 Å². The highest BCUT2D eigenvalue weighted by molar-refractivity contribution is 5.78. The summed E-state index contributed by atoms with van der Waals surface area (Å²) < 4.78 is 0. The van der Waals surface area contributed by atoms with Crippen LogP contribution in [-0.2, 0) is 4.79 Å². The summed E-state index contributed by atoms with van der Waals surface area (Å²) in [6, 6.07) is 0. The largest absolute Gasteiger partial charge is 0.355 e. The van der Waals surface area contributed by atoms with Crippen LogP contribution < -0.4 is 5.32 Å². The second kappa shape index (κ2) is 8.02. The fraction of sp³-hybridized carbons (Fsp3) is 0.941. The molecule has 3 nitrogen and oxygen atoms in total. The second-order valence-corrected chi connectivity index (χ2v) is 7.05. The number of hydrogen-bond donors (Lipinski definition) is 1. The molecule has 1 amide bonds. The number of likely N-dealkylation sites (tertiary alicyclic amines) is 1. The van der Waals surface area contributed by atoms with E-state index in [1.807, 2.05) is 0 Å². The van der Waals surface area contributed by atoms with Crippen LogP contribution in [0.5, 0.6) is 0 Å². The van der Waals surface area contributed by atoms with Crippen molar-refractivity contribution >= 4 is 5.91 Å². The van der Waals surface area contributed by atoms with Gasteiger partial charge in [0, 0.05) is 19.0 Å². The first kappa shape index (κ1) is 15.8. The van der Waals surface area contributed by atoms with E-state index >= 15 is 0 Å². The Bertz CT molecular complexity index is 289. The third-order valence-corrected chi connectivity index (χ3v) is 5.26. The quantitative estimate of drug-likeness (QED) is 0.839. The van der Waals surface area contributed by atoms with Crippen LogP contribution in [0.1, 0.15) is 58.8 Å². The Kier molecular flexibility index (Phi) is 6.34. The molecular formula is C17H32N2O. The maximum Gasteiger partial charge on any atom is 0.223 e. The van der Waals surface area contributed by atoms with Gasteiger partial charge in [0.05, 0.1) is 0 Å². The number of nitrogens with zero attached hydrogens (tertiary/aromatic N) is 1. The van der Waals surface area contributed by atoms with Gasteiger partial charge in [-0.2, -0.15) is 0 Å². The van der Waals surface area contributed by atoms with Gasteiger partial charge in [-0.1, -0.05) is 20.3 Å². The topological polar surface area (TPSA) is 32.3 Å². The lowest BCUT2D eigenvalue weighted by molar-refractivity contribution is -0.126. The van der Waals surface area contributed by atoms with E-state index in [1.54, 1.807) is 0 Å². The smallest absolute Gasteiger partial charge is 0.223 e. The summed E-state index contributed by atoms with van der Waals surface area (Å²) in [5.74, 6) is 2.21. The average molecular weight is 280 g/mol. The Morgan fingerprint density at radius 2 is 1.75 bits per heavy atom. The van der Waals surface area contributed by atoms with Crippen LogP contribution in [0.25, 0.3) is 0 Å². The van der Waals surface area contributed by atoms with E-state index in [2.05, 4.69) is 24.1 Å². The molecule has 2 aliphatic rings. The molecule has 1 aliphatic heterocycles. The highest BCUT2D eigenvalue weighted by Gasteiger charge is 2.27. The molecule has 3 heteroatoms. The van der Waals surface area contributed by atoms with Crippen molar-refractivity contribution in [3.8, 4) is 0 Å². The number of rotatable bonds is 5. The van der Waals surface area contributed by atoms with E-state index in [9.17, 15) is 4.79 Å². The minimum Gasteiger partial charge on any atom is -0.355 e. The molecule has 0 atom stereocenters. The van der Waals surface area contributed by atoms with Gasteiger partial charge in [-0.25, -0.2) is 0 Å². The summed E-state index contributed by atoms with van der Waals surface area (Å²) in [5.41, 5.74) is 0. The van der Waals surface area contributed by atoms with Crippen molar-refractivity contribution in [3.63, 3.8) is 0 Å². The van der Waals surface area contributed by atoms with E-state index in [-0.39, 0.29) is 5.92 Å². The first-order chi connectivity index (χ1) is 9.66. The lowest BCUT2D eigenvalue weighted by atomic mass is 9.77. The molecule has 116 valence electrons. The lowest BCUT2D eigenvalue weighted by Crippen LogP contribution is -2.40. The van der Waals surface area contributed by atoms with Gasteiger partial charge in [0.1, 0.15) is 0 Å². The normalized spacial score (nSPS) is 28.6. The van der Waals surface area contributed by atoms with E-state index in [0.717, 1.165) is 37.8 Å². The van der Waals surface area contributed by atoms with Crippen molar-refractivity contribution in [1.82, 2.24) is 10.2 Å². The Morgan fingerprint density at radius 3 is 2.35 bits per heavy atom. The van der Waals surface area contributed by atoms with Crippen LogP contribution in [0.15, 0.2) is 0 Å². The molecule has 1 saturated carbocycles. The molecule has 0 aromatic rings. The fourth-order valence-corrected chi connectivity index (χ4v) is 3.71. The summed E-state index contributed by atoms with van der Waals surface area (Å²) in [4.78, 5) is 14.7. The minimum absolute atomic E-state index is 0.284. The number of carbonyl (C=O) groups is 1. The van der Waals surface area contributed by atoms with Crippen molar-refractivity contribution in [2.75, 3.05) is 26.2 Å². The highest BCUT2D eigenvalue weighted by atomic mass is 16.1. The van der Waals surface area contributed by atoms with Crippen LogP contribution in [0.2, 0.25) is 0 Å². The Balaban J connectivity index is 1.60. The summed E-state index contributed by atoms with van der Waals surface area (Å²) in [6.07, 6.45) is 8.70. The predicted octanol–water partition coefficient (Wildman–Crippen LogP) is 3.05. The maximum atomic E-state index is 12.2. The molecule has 2 rings (SSSR count). The van der Waals surface area contributed by atoms with Crippen molar-refractivity contribution in [3.05, 3.63) is 0 Å². The van der Waals surface area contributed by atoms with Gasteiger partial charge in [0.25, 0.3) is 0 Å². The second-order valence-electron chi connectivity index (χ2n) is 7.05. The molecule has 0 aromatic heterocycles. The van der Waals surface area contributed by atoms with E-state index in [1.165, 1.54) is 45.2 Å². The summed E-state index contributed by atoms with van der Waals surface area (Å²) in [5, 5.41) is 3.16. The number of hydrogen-bond acceptors (Lipinski definition) is 2. The zero-order valence-corrected chi connectivity index (χ0v) is 13.4. The molecular weight excluding hydrogens is 248 g/mol. The van der Waals surface area contributed by atoms with Crippen molar-refractivity contribution in [2.24, 2.45) is 17.8 Å². The Hall–Kier alpha value is -0.570. The van der Waals surface area contributed by atoms with Crippen LogP contribution in [0, 0.1) is 17.8 Å². The monoisotopic (exact) mass is 280 g/mol. The van der Waals surface area contributed by atoms with Crippen LogP contribution >= 0.6 is 0 Å². The number of carbonyl (C=O) groups excluding carboxylic acids is 1. The zero-order chi connectivity index (χ0) is 14.4. The first-order valence-electron chi connectivity index (χ1n) is 8.67.